The number of rotatable bonds is 5. The highest BCUT2D eigenvalue weighted by Gasteiger charge is 2.08. The molecule has 7 heteroatoms. The molecule has 0 radical (unpaired) electrons. The van der Waals surface area contributed by atoms with Crippen molar-refractivity contribution in [2.45, 2.75) is 26.4 Å². The van der Waals surface area contributed by atoms with Crippen LogP contribution in [0.4, 0.5) is 4.39 Å². The molecule has 0 spiro atoms. The molecule has 0 unspecified atom stereocenters. The second-order valence-corrected chi connectivity index (χ2v) is 4.66. The molecule has 2 rings (SSSR count). The highest BCUT2D eigenvalue weighted by Crippen LogP contribution is 2.04. The van der Waals surface area contributed by atoms with E-state index >= 15 is 0 Å². The van der Waals surface area contributed by atoms with Gasteiger partial charge in [0.1, 0.15) is 5.82 Å². The molecule has 0 bridgehead atoms. The number of amides is 1. The van der Waals surface area contributed by atoms with E-state index in [2.05, 4.69) is 15.5 Å². The minimum Gasteiger partial charge on any atom is -0.349 e. The molecule has 0 saturated heterocycles. The van der Waals surface area contributed by atoms with Gasteiger partial charge in [-0.2, -0.15) is 5.10 Å². The average molecular weight is 294 g/mol. The third-order valence-electron chi connectivity index (χ3n) is 2.85. The number of hydrogen-bond acceptors (Lipinski definition) is 3. The first-order valence-electron chi connectivity index (χ1n) is 6.25. The highest BCUT2D eigenvalue weighted by molar-refractivity contribution is 7.71. The third-order valence-corrected chi connectivity index (χ3v) is 3.16. The second-order valence-electron chi connectivity index (χ2n) is 4.27. The molecule has 0 saturated carbocycles. The number of halogens is 1. The fourth-order valence-corrected chi connectivity index (χ4v) is 2.16. The molecule has 2 aromatic rings. The van der Waals surface area contributed by atoms with Gasteiger partial charge < -0.3 is 9.88 Å². The van der Waals surface area contributed by atoms with Crippen LogP contribution in [-0.2, 0) is 24.3 Å². The Bertz CT molecular complexity index is 664. The fraction of sp³-hybridized carbons (Fsp3) is 0.308. The number of nitrogens with zero attached hydrogens (tertiary/aromatic N) is 2. The van der Waals surface area contributed by atoms with Crippen molar-refractivity contribution >= 4 is 18.1 Å². The second kappa shape index (κ2) is 6.42. The van der Waals surface area contributed by atoms with Crippen molar-refractivity contribution < 1.29 is 9.18 Å². The van der Waals surface area contributed by atoms with E-state index in [0.29, 0.717) is 22.7 Å². The first-order valence-corrected chi connectivity index (χ1v) is 6.66. The number of carbonyl (C=O) groups is 1. The van der Waals surface area contributed by atoms with Crippen molar-refractivity contribution in [3.05, 3.63) is 46.2 Å². The summed E-state index contributed by atoms with van der Waals surface area (Å²) in [5, 5.41) is 9.48. The van der Waals surface area contributed by atoms with Gasteiger partial charge in [0.25, 0.3) is 0 Å². The number of aromatic amines is 1. The van der Waals surface area contributed by atoms with Crippen molar-refractivity contribution in [2.24, 2.45) is 0 Å². The maximum atomic E-state index is 13.0. The van der Waals surface area contributed by atoms with Crippen LogP contribution in [0.2, 0.25) is 0 Å². The van der Waals surface area contributed by atoms with E-state index in [1.54, 1.807) is 16.7 Å². The normalized spacial score (nSPS) is 10.5. The lowest BCUT2D eigenvalue weighted by Crippen LogP contribution is -2.26. The van der Waals surface area contributed by atoms with Gasteiger partial charge in [-0.3, -0.25) is 9.89 Å². The highest BCUT2D eigenvalue weighted by atomic mass is 32.1. The van der Waals surface area contributed by atoms with Crippen molar-refractivity contribution in [3.8, 4) is 0 Å². The summed E-state index contributed by atoms with van der Waals surface area (Å²) in [5.74, 6) is 0.138. The molecular formula is C13H15FN4OS. The van der Waals surface area contributed by atoms with Crippen LogP contribution in [-0.4, -0.2) is 20.7 Å². The van der Waals surface area contributed by atoms with Crippen LogP contribution in [0.3, 0.4) is 0 Å². The predicted molar refractivity (Wildman–Crippen MR) is 75.0 cm³/mol. The lowest BCUT2D eigenvalue weighted by molar-refractivity contribution is -0.120. The van der Waals surface area contributed by atoms with Crippen molar-refractivity contribution in [1.29, 1.82) is 0 Å². The Balaban J connectivity index is 1.94. The molecule has 0 aliphatic rings. The summed E-state index contributed by atoms with van der Waals surface area (Å²) in [4.78, 5) is 11.8. The van der Waals surface area contributed by atoms with Crippen LogP contribution in [0.15, 0.2) is 24.3 Å². The van der Waals surface area contributed by atoms with Gasteiger partial charge in [0.15, 0.2) is 10.6 Å². The van der Waals surface area contributed by atoms with E-state index in [1.165, 1.54) is 12.1 Å². The zero-order valence-electron chi connectivity index (χ0n) is 11.0. The number of nitrogens with one attached hydrogen (secondary N) is 2. The van der Waals surface area contributed by atoms with Crippen molar-refractivity contribution in [2.75, 3.05) is 0 Å². The molecule has 20 heavy (non-hydrogen) atoms. The van der Waals surface area contributed by atoms with Gasteiger partial charge in [-0.05, 0) is 36.8 Å². The molecule has 0 aliphatic carbocycles. The molecule has 0 aliphatic heterocycles. The van der Waals surface area contributed by atoms with Crippen LogP contribution in [0.25, 0.3) is 0 Å². The van der Waals surface area contributed by atoms with Crippen LogP contribution in [0, 0.1) is 10.6 Å². The summed E-state index contributed by atoms with van der Waals surface area (Å²) in [6, 6.07) is 5.99. The topological polar surface area (TPSA) is 62.7 Å². The van der Waals surface area contributed by atoms with E-state index < -0.39 is 0 Å². The summed E-state index contributed by atoms with van der Waals surface area (Å²) in [5.41, 5.74) is 0.636. The number of aromatic nitrogens is 3. The quantitative estimate of drug-likeness (QED) is 0.829. The molecule has 1 amide bonds. The van der Waals surface area contributed by atoms with Crippen molar-refractivity contribution in [3.63, 3.8) is 0 Å². The van der Waals surface area contributed by atoms with E-state index in [1.807, 2.05) is 6.92 Å². The summed E-state index contributed by atoms with van der Waals surface area (Å²) >= 11 is 5.06. The maximum absolute atomic E-state index is 13.0. The predicted octanol–water partition coefficient (Wildman–Crippen LogP) is 1.96. The monoisotopic (exact) mass is 294 g/mol. The van der Waals surface area contributed by atoms with Gasteiger partial charge in [0.05, 0.1) is 13.0 Å². The summed E-state index contributed by atoms with van der Waals surface area (Å²) in [6.45, 7) is 2.92. The Morgan fingerprint density at radius 2 is 2.35 bits per heavy atom. The first-order chi connectivity index (χ1) is 9.60. The van der Waals surface area contributed by atoms with Gasteiger partial charge in [-0.1, -0.05) is 12.1 Å². The fourth-order valence-electron chi connectivity index (χ4n) is 1.88. The largest absolute Gasteiger partial charge is 0.349 e. The number of hydrogen-bond donors (Lipinski definition) is 2. The molecule has 0 fully saturated rings. The van der Waals surface area contributed by atoms with E-state index in [0.717, 1.165) is 0 Å². The van der Waals surface area contributed by atoms with Crippen molar-refractivity contribution in [1.82, 2.24) is 20.1 Å². The minimum atomic E-state index is -0.345. The SMILES string of the molecule is CCn1c(CNC(=O)Cc2cccc(F)c2)n[nH]c1=S. The molecule has 0 atom stereocenters. The van der Waals surface area contributed by atoms with Crippen LogP contribution < -0.4 is 5.32 Å². The maximum Gasteiger partial charge on any atom is 0.224 e. The lowest BCUT2D eigenvalue weighted by atomic mass is 10.1. The number of carbonyl (C=O) groups excluding carboxylic acids is 1. The van der Waals surface area contributed by atoms with Crippen LogP contribution >= 0.6 is 12.2 Å². The molecule has 5 nitrogen and oxygen atoms in total. The summed E-state index contributed by atoms with van der Waals surface area (Å²) in [6.07, 6.45) is 0.134. The Kier molecular flexibility index (Phi) is 4.62. The molecule has 106 valence electrons. The van der Waals surface area contributed by atoms with Crippen LogP contribution in [0.1, 0.15) is 18.3 Å². The van der Waals surface area contributed by atoms with E-state index in [-0.39, 0.29) is 24.7 Å². The first kappa shape index (κ1) is 14.4. The summed E-state index contributed by atoms with van der Waals surface area (Å²) < 4.78 is 15.3. The van der Waals surface area contributed by atoms with Gasteiger partial charge in [-0.25, -0.2) is 4.39 Å². The van der Waals surface area contributed by atoms with Crippen LogP contribution in [0.5, 0.6) is 0 Å². The zero-order valence-corrected chi connectivity index (χ0v) is 11.8. The smallest absolute Gasteiger partial charge is 0.224 e. The Labute approximate surface area is 120 Å². The molecule has 1 aromatic carbocycles. The molecule has 1 aromatic heterocycles. The Hall–Kier alpha value is -2.02. The minimum absolute atomic E-state index is 0.134. The van der Waals surface area contributed by atoms with Gasteiger partial charge in [-0.15, -0.1) is 0 Å². The number of H-pyrrole nitrogens is 1. The van der Waals surface area contributed by atoms with Gasteiger partial charge in [0, 0.05) is 6.54 Å². The molecule has 2 N–H and O–H groups in total. The van der Waals surface area contributed by atoms with Gasteiger partial charge in [0.2, 0.25) is 5.91 Å². The number of benzene rings is 1. The average Bonchev–Trinajstić information content (AvgIpc) is 2.77. The zero-order chi connectivity index (χ0) is 14.5. The standard InChI is InChI=1S/C13H15FN4OS/c1-2-18-11(16-17-13(18)20)8-15-12(19)7-9-4-3-5-10(14)6-9/h3-6H,2,7-8H2,1H3,(H,15,19)(H,17,20). The van der Waals surface area contributed by atoms with E-state index in [4.69, 9.17) is 12.2 Å². The molecule has 1 heterocycles. The van der Waals surface area contributed by atoms with Gasteiger partial charge >= 0.3 is 0 Å². The Morgan fingerprint density at radius 3 is 3.05 bits per heavy atom. The summed E-state index contributed by atoms with van der Waals surface area (Å²) in [7, 11) is 0. The lowest BCUT2D eigenvalue weighted by Gasteiger charge is -2.06. The molecular weight excluding hydrogens is 279 g/mol. The third kappa shape index (κ3) is 3.51. The Morgan fingerprint density at radius 1 is 1.55 bits per heavy atom. The van der Waals surface area contributed by atoms with E-state index in [9.17, 15) is 9.18 Å².